The van der Waals surface area contributed by atoms with Gasteiger partial charge >= 0.3 is 18.9 Å². The zero-order valence-corrected chi connectivity index (χ0v) is 9.31. The van der Waals surface area contributed by atoms with Gasteiger partial charge < -0.3 is 0 Å². The Morgan fingerprint density at radius 3 is 1.27 bits per heavy atom. The Labute approximate surface area is 83.9 Å². The van der Waals surface area contributed by atoms with Gasteiger partial charge in [-0.25, -0.2) is 0 Å². The first kappa shape index (κ1) is 11.5. The quantitative estimate of drug-likeness (QED) is 0.344. The Balaban J connectivity index is 0.000001000. The molecule has 1 atom stereocenters. The predicted octanol–water partition coefficient (Wildman–Crippen LogP) is -0.0795. The molecule has 1 aliphatic rings. The van der Waals surface area contributed by atoms with Crippen LogP contribution in [0.15, 0.2) is 22.3 Å². The molecule has 2 heteroatoms. The second-order valence-electron chi connectivity index (χ2n) is 3.09. The van der Waals surface area contributed by atoms with Gasteiger partial charge in [0.15, 0.2) is 0 Å². The normalized spacial score (nSPS) is 19.4. The van der Waals surface area contributed by atoms with Gasteiger partial charge in [-0.05, 0) is 38.8 Å². The van der Waals surface area contributed by atoms with Crippen LogP contribution >= 0.6 is 9.24 Å². The average Bonchev–Trinajstić information content (AvgIpc) is 2.07. The van der Waals surface area contributed by atoms with Crippen molar-refractivity contribution in [2.75, 3.05) is 0 Å². The van der Waals surface area contributed by atoms with Crippen LogP contribution in [0.3, 0.4) is 0 Å². The molecule has 0 aromatic heterocycles. The largest absolute Gasteiger partial charge is 1.00 e. The fourth-order valence-corrected chi connectivity index (χ4v) is 1.88. The molecule has 0 radical (unpaired) electrons. The summed E-state index contributed by atoms with van der Waals surface area (Å²) < 4.78 is 0. The van der Waals surface area contributed by atoms with Crippen molar-refractivity contribution in [2.24, 2.45) is 0 Å². The minimum atomic E-state index is 0. The molecule has 0 spiro atoms. The van der Waals surface area contributed by atoms with Crippen LogP contribution in [-0.2, 0) is 0 Å². The molecule has 0 heterocycles. The second kappa shape index (κ2) is 3.95. The number of hydrogen-bond acceptors (Lipinski definition) is 0. The van der Waals surface area contributed by atoms with Gasteiger partial charge in [0.1, 0.15) is 0 Å². The van der Waals surface area contributed by atoms with Gasteiger partial charge in [0.2, 0.25) is 0 Å². The molecule has 56 valence electrons. The molecule has 0 fully saturated rings. The molecule has 0 saturated heterocycles. The Morgan fingerprint density at radius 2 is 1.18 bits per heavy atom. The molecular weight excluding hydrogens is 146 g/mol. The SMILES string of the molecule is CC1=C(C)C(P)C(C)=C1C.[Li+]. The third kappa shape index (κ3) is 1.81. The molecule has 0 aromatic rings. The van der Waals surface area contributed by atoms with Crippen LogP contribution in [0.2, 0.25) is 0 Å². The van der Waals surface area contributed by atoms with E-state index in [0.29, 0.717) is 5.66 Å². The van der Waals surface area contributed by atoms with Crippen LogP contribution < -0.4 is 18.9 Å². The second-order valence-corrected chi connectivity index (χ2v) is 3.76. The standard InChI is InChI=1S/C9H15P.Li/c1-5-6(2)8(4)9(10)7(5)3;/h9H,10H2,1-4H3;/q;+1. The van der Waals surface area contributed by atoms with E-state index in [1.165, 1.54) is 22.3 Å². The van der Waals surface area contributed by atoms with Crippen molar-refractivity contribution in [2.45, 2.75) is 33.4 Å². The van der Waals surface area contributed by atoms with E-state index in [4.69, 9.17) is 0 Å². The maximum absolute atomic E-state index is 2.88. The van der Waals surface area contributed by atoms with Gasteiger partial charge in [0.05, 0.1) is 0 Å². The average molecular weight is 161 g/mol. The van der Waals surface area contributed by atoms with Crippen molar-refractivity contribution in [1.29, 1.82) is 0 Å². The summed E-state index contributed by atoms with van der Waals surface area (Å²) in [5.41, 5.74) is 6.61. The van der Waals surface area contributed by atoms with E-state index in [1.54, 1.807) is 0 Å². The smallest absolute Gasteiger partial charge is 0.126 e. The Hall–Kier alpha value is 0.507. The van der Waals surface area contributed by atoms with E-state index in [2.05, 4.69) is 36.9 Å². The Morgan fingerprint density at radius 1 is 0.909 bits per heavy atom. The van der Waals surface area contributed by atoms with Crippen LogP contribution in [0, 0.1) is 0 Å². The molecule has 0 aliphatic heterocycles. The van der Waals surface area contributed by atoms with Crippen LogP contribution in [0.5, 0.6) is 0 Å². The molecule has 0 aromatic carbocycles. The van der Waals surface area contributed by atoms with Crippen molar-refractivity contribution in [3.8, 4) is 0 Å². The molecule has 0 N–H and O–H groups in total. The first-order valence-electron chi connectivity index (χ1n) is 3.66. The summed E-state index contributed by atoms with van der Waals surface area (Å²) in [4.78, 5) is 0. The summed E-state index contributed by atoms with van der Waals surface area (Å²) in [6.45, 7) is 8.84. The number of allylic oxidation sites excluding steroid dienone is 4. The minimum Gasteiger partial charge on any atom is -0.126 e. The zero-order chi connectivity index (χ0) is 7.89. The van der Waals surface area contributed by atoms with Crippen LogP contribution in [0.4, 0.5) is 0 Å². The van der Waals surface area contributed by atoms with Gasteiger partial charge in [0, 0.05) is 5.66 Å². The third-order valence-corrected chi connectivity index (χ3v) is 3.68. The summed E-state index contributed by atoms with van der Waals surface area (Å²) in [6.07, 6.45) is 0. The van der Waals surface area contributed by atoms with Crippen LogP contribution in [0.1, 0.15) is 27.7 Å². The van der Waals surface area contributed by atoms with Crippen LogP contribution in [-0.4, -0.2) is 5.66 Å². The summed E-state index contributed by atoms with van der Waals surface area (Å²) >= 11 is 0. The van der Waals surface area contributed by atoms with Crippen molar-refractivity contribution in [1.82, 2.24) is 0 Å². The minimum absolute atomic E-state index is 0. The Bertz CT molecular complexity index is 202. The number of hydrogen-bond donors (Lipinski definition) is 0. The summed E-state index contributed by atoms with van der Waals surface area (Å²) in [6, 6.07) is 0. The van der Waals surface area contributed by atoms with E-state index >= 15 is 0 Å². The van der Waals surface area contributed by atoms with Crippen molar-refractivity contribution >= 4 is 9.24 Å². The molecule has 0 bridgehead atoms. The van der Waals surface area contributed by atoms with E-state index < -0.39 is 0 Å². The zero-order valence-electron chi connectivity index (χ0n) is 8.15. The summed E-state index contributed by atoms with van der Waals surface area (Å²) in [5, 5.41) is 0. The summed E-state index contributed by atoms with van der Waals surface area (Å²) in [5.74, 6) is 0. The molecule has 1 unspecified atom stereocenters. The van der Waals surface area contributed by atoms with E-state index in [1.807, 2.05) is 0 Å². The van der Waals surface area contributed by atoms with E-state index in [0.717, 1.165) is 0 Å². The molecule has 11 heavy (non-hydrogen) atoms. The molecule has 0 amide bonds. The van der Waals surface area contributed by atoms with Gasteiger partial charge in [-0.3, -0.25) is 0 Å². The van der Waals surface area contributed by atoms with Gasteiger partial charge in [0.25, 0.3) is 0 Å². The van der Waals surface area contributed by atoms with E-state index in [-0.39, 0.29) is 18.9 Å². The first-order chi connectivity index (χ1) is 4.55. The predicted molar refractivity (Wildman–Crippen MR) is 50.2 cm³/mol. The molecule has 0 nitrogen and oxygen atoms in total. The third-order valence-electron chi connectivity index (χ3n) is 2.68. The molecular formula is C9H15LiP+. The van der Waals surface area contributed by atoms with Crippen molar-refractivity contribution < 1.29 is 18.9 Å². The van der Waals surface area contributed by atoms with Gasteiger partial charge in [-0.15, -0.1) is 9.24 Å². The summed E-state index contributed by atoms with van der Waals surface area (Å²) in [7, 11) is 2.88. The van der Waals surface area contributed by atoms with Crippen LogP contribution in [0.25, 0.3) is 0 Å². The maximum atomic E-state index is 2.88. The fraction of sp³-hybridized carbons (Fsp3) is 0.556. The van der Waals surface area contributed by atoms with Gasteiger partial charge in [-0.1, -0.05) is 11.1 Å². The molecule has 0 saturated carbocycles. The van der Waals surface area contributed by atoms with Crippen molar-refractivity contribution in [3.63, 3.8) is 0 Å². The molecule has 1 rings (SSSR count). The van der Waals surface area contributed by atoms with E-state index in [9.17, 15) is 0 Å². The molecule has 1 aliphatic carbocycles. The monoisotopic (exact) mass is 161 g/mol. The maximum Gasteiger partial charge on any atom is 1.00 e. The fourth-order valence-electron chi connectivity index (χ4n) is 1.38. The first-order valence-corrected chi connectivity index (χ1v) is 4.33. The topological polar surface area (TPSA) is 0 Å². The van der Waals surface area contributed by atoms with Crippen molar-refractivity contribution in [3.05, 3.63) is 22.3 Å². The number of rotatable bonds is 0. The van der Waals surface area contributed by atoms with Gasteiger partial charge in [-0.2, -0.15) is 0 Å². The Kier molecular flexibility index (Phi) is 4.13.